The number of phosphoric ester groups is 1. The van der Waals surface area contributed by atoms with Gasteiger partial charge in [0.2, 0.25) is 6.79 Å². The molecule has 0 spiro atoms. The van der Waals surface area contributed by atoms with E-state index in [0.717, 1.165) is 11.1 Å². The van der Waals surface area contributed by atoms with Crippen molar-refractivity contribution in [1.82, 2.24) is 0 Å². The molecule has 0 aromatic heterocycles. The molecular formula is C17H19O6P. The predicted octanol–water partition coefficient (Wildman–Crippen LogP) is 4.07. The second kappa shape index (κ2) is 9.35. The highest BCUT2D eigenvalue weighted by Crippen LogP contribution is 2.50. The maximum Gasteiger partial charge on any atom is 0.478 e. The van der Waals surface area contributed by atoms with E-state index in [2.05, 4.69) is 4.74 Å². The van der Waals surface area contributed by atoms with Crippen molar-refractivity contribution in [2.45, 2.75) is 20.1 Å². The van der Waals surface area contributed by atoms with E-state index >= 15 is 0 Å². The molecule has 7 heteroatoms. The topological polar surface area (TPSA) is 71.1 Å². The van der Waals surface area contributed by atoms with Gasteiger partial charge in [0.05, 0.1) is 13.2 Å². The van der Waals surface area contributed by atoms with E-state index in [1.54, 1.807) is 0 Å². The third-order valence-electron chi connectivity index (χ3n) is 2.94. The summed E-state index contributed by atoms with van der Waals surface area (Å²) in [5, 5.41) is 0. The van der Waals surface area contributed by atoms with Crippen molar-refractivity contribution in [3.05, 3.63) is 71.8 Å². The van der Waals surface area contributed by atoms with Crippen LogP contribution >= 0.6 is 7.82 Å². The third kappa shape index (κ3) is 6.64. The molecule has 0 bridgehead atoms. The van der Waals surface area contributed by atoms with Crippen molar-refractivity contribution in [1.29, 1.82) is 0 Å². The summed E-state index contributed by atoms with van der Waals surface area (Å²) in [6.07, 6.45) is 0. The molecule has 128 valence electrons. The summed E-state index contributed by atoms with van der Waals surface area (Å²) in [6, 6.07) is 18.4. The summed E-state index contributed by atoms with van der Waals surface area (Å²) in [6.45, 7) is 0.820. The molecule has 2 rings (SSSR count). The molecule has 0 N–H and O–H groups in total. The molecule has 0 fully saturated rings. The first kappa shape index (κ1) is 18.4. The van der Waals surface area contributed by atoms with E-state index in [0.29, 0.717) is 0 Å². The van der Waals surface area contributed by atoms with Gasteiger partial charge in [0.15, 0.2) is 0 Å². The molecule has 0 heterocycles. The van der Waals surface area contributed by atoms with Crippen molar-refractivity contribution in [2.24, 2.45) is 0 Å². The van der Waals surface area contributed by atoms with Gasteiger partial charge in [-0.2, -0.15) is 0 Å². The van der Waals surface area contributed by atoms with Gasteiger partial charge >= 0.3 is 13.8 Å². The molecule has 0 aliphatic carbocycles. The zero-order valence-corrected chi connectivity index (χ0v) is 14.2. The Bertz CT molecular complexity index is 626. The van der Waals surface area contributed by atoms with E-state index in [4.69, 9.17) is 13.6 Å². The van der Waals surface area contributed by atoms with Crippen LogP contribution in [0.25, 0.3) is 0 Å². The molecule has 0 saturated heterocycles. The number of hydrogen-bond donors (Lipinski definition) is 0. The fourth-order valence-electron chi connectivity index (χ4n) is 1.74. The van der Waals surface area contributed by atoms with Crippen molar-refractivity contribution in [3.8, 4) is 0 Å². The van der Waals surface area contributed by atoms with Gasteiger partial charge in [0, 0.05) is 6.92 Å². The van der Waals surface area contributed by atoms with Gasteiger partial charge in [-0.3, -0.25) is 13.8 Å². The minimum atomic E-state index is -3.88. The van der Waals surface area contributed by atoms with Crippen LogP contribution in [0.4, 0.5) is 0 Å². The van der Waals surface area contributed by atoms with E-state index in [1.807, 2.05) is 60.7 Å². The number of hydrogen-bond acceptors (Lipinski definition) is 6. The summed E-state index contributed by atoms with van der Waals surface area (Å²) in [4.78, 5) is 10.8. The summed E-state index contributed by atoms with van der Waals surface area (Å²) in [7, 11) is -3.88. The Hall–Kier alpha value is -1.98. The smallest absolute Gasteiger partial charge is 0.438 e. The quantitative estimate of drug-likeness (QED) is 0.386. The molecule has 24 heavy (non-hydrogen) atoms. The number of phosphoric acid groups is 1. The van der Waals surface area contributed by atoms with E-state index in [1.165, 1.54) is 6.92 Å². The van der Waals surface area contributed by atoms with Gasteiger partial charge in [-0.1, -0.05) is 60.7 Å². The Morgan fingerprint density at radius 1 is 0.833 bits per heavy atom. The Morgan fingerprint density at radius 2 is 1.29 bits per heavy atom. The highest BCUT2D eigenvalue weighted by Gasteiger charge is 2.27. The molecule has 0 aliphatic rings. The van der Waals surface area contributed by atoms with Crippen LogP contribution in [0, 0.1) is 0 Å². The summed E-state index contributed by atoms with van der Waals surface area (Å²) in [5.41, 5.74) is 1.63. The van der Waals surface area contributed by atoms with E-state index in [9.17, 15) is 9.36 Å². The minimum absolute atomic E-state index is 0.0486. The zero-order chi connectivity index (χ0) is 17.3. The summed E-state index contributed by atoms with van der Waals surface area (Å²) in [5.74, 6) is -0.548. The van der Waals surface area contributed by atoms with Crippen LogP contribution < -0.4 is 0 Å². The lowest BCUT2D eigenvalue weighted by Crippen LogP contribution is -2.07. The predicted molar refractivity (Wildman–Crippen MR) is 87.8 cm³/mol. The molecule has 0 atom stereocenters. The van der Waals surface area contributed by atoms with Gasteiger partial charge < -0.3 is 4.74 Å². The lowest BCUT2D eigenvalue weighted by Gasteiger charge is -2.18. The first-order chi connectivity index (χ1) is 11.6. The molecule has 0 amide bonds. The second-order valence-electron chi connectivity index (χ2n) is 4.85. The van der Waals surface area contributed by atoms with Crippen molar-refractivity contribution in [3.63, 3.8) is 0 Å². The fourth-order valence-corrected chi connectivity index (χ4v) is 2.76. The Morgan fingerprint density at radius 3 is 1.71 bits per heavy atom. The molecule has 0 unspecified atom stereocenters. The van der Waals surface area contributed by atoms with Crippen LogP contribution in [0.3, 0.4) is 0 Å². The Kier molecular flexibility index (Phi) is 7.15. The maximum absolute atomic E-state index is 12.7. The van der Waals surface area contributed by atoms with Crippen LogP contribution in [-0.4, -0.2) is 12.8 Å². The number of rotatable bonds is 9. The average molecular weight is 350 g/mol. The first-order valence-electron chi connectivity index (χ1n) is 7.32. The number of carbonyl (C=O) groups excluding carboxylic acids is 1. The summed E-state index contributed by atoms with van der Waals surface area (Å²) >= 11 is 0. The maximum atomic E-state index is 12.7. The van der Waals surface area contributed by atoms with Gasteiger partial charge in [-0.05, 0) is 11.1 Å². The molecule has 0 aliphatic heterocycles. The molecule has 6 nitrogen and oxygen atoms in total. The first-order valence-corrected chi connectivity index (χ1v) is 8.78. The number of carbonyl (C=O) groups is 1. The highest BCUT2D eigenvalue weighted by atomic mass is 31.2. The van der Waals surface area contributed by atoms with Crippen LogP contribution in [0.15, 0.2) is 60.7 Å². The van der Waals surface area contributed by atoms with Gasteiger partial charge in [0.1, 0.15) is 0 Å². The lowest BCUT2D eigenvalue weighted by atomic mass is 10.2. The second-order valence-corrected chi connectivity index (χ2v) is 6.52. The van der Waals surface area contributed by atoms with Gasteiger partial charge in [-0.15, -0.1) is 0 Å². The van der Waals surface area contributed by atoms with Gasteiger partial charge in [0.25, 0.3) is 0 Å². The molecule has 0 saturated carbocycles. The highest BCUT2D eigenvalue weighted by molar-refractivity contribution is 7.48. The average Bonchev–Trinajstić information content (AvgIpc) is 2.60. The minimum Gasteiger partial charge on any atom is -0.438 e. The van der Waals surface area contributed by atoms with Gasteiger partial charge in [-0.25, -0.2) is 9.09 Å². The Balaban J connectivity index is 1.96. The lowest BCUT2D eigenvalue weighted by molar-refractivity contribution is -0.148. The van der Waals surface area contributed by atoms with E-state index < -0.39 is 20.6 Å². The zero-order valence-electron chi connectivity index (χ0n) is 13.3. The van der Waals surface area contributed by atoms with Crippen LogP contribution in [0.1, 0.15) is 18.1 Å². The normalized spacial score (nSPS) is 11.2. The van der Waals surface area contributed by atoms with Crippen molar-refractivity contribution < 1.29 is 27.7 Å². The van der Waals surface area contributed by atoms with E-state index in [-0.39, 0.29) is 13.2 Å². The SMILES string of the molecule is CC(=O)OCOP(=O)(OCc1ccccc1)OCc1ccccc1. The summed E-state index contributed by atoms with van der Waals surface area (Å²) < 4.78 is 33.1. The van der Waals surface area contributed by atoms with Crippen molar-refractivity contribution >= 4 is 13.8 Å². The van der Waals surface area contributed by atoms with Crippen LogP contribution in [0.5, 0.6) is 0 Å². The molecular weight excluding hydrogens is 331 g/mol. The van der Waals surface area contributed by atoms with Crippen LogP contribution in [-0.2, 0) is 40.9 Å². The fraction of sp³-hybridized carbons (Fsp3) is 0.235. The largest absolute Gasteiger partial charge is 0.478 e. The molecule has 2 aromatic carbocycles. The third-order valence-corrected chi connectivity index (χ3v) is 4.25. The number of esters is 1. The number of ether oxygens (including phenoxy) is 1. The number of benzene rings is 2. The molecule has 0 radical (unpaired) electrons. The van der Waals surface area contributed by atoms with Crippen molar-refractivity contribution in [2.75, 3.05) is 6.79 Å². The van der Waals surface area contributed by atoms with Crippen LogP contribution in [0.2, 0.25) is 0 Å². The monoisotopic (exact) mass is 350 g/mol. The standard InChI is InChI=1S/C17H19O6P/c1-15(18)20-14-23-24(19,21-12-16-8-4-2-5-9-16)22-13-17-10-6-3-7-11-17/h2-11H,12-14H2,1H3. The Labute approximate surface area is 140 Å². The molecule has 2 aromatic rings.